The number of rotatable bonds is 6. The first kappa shape index (κ1) is 20.9. The monoisotopic (exact) mass is 358 g/mol. The van der Waals surface area contributed by atoms with Crippen molar-refractivity contribution >= 4 is 23.8 Å². The molecule has 0 aromatic rings. The smallest absolute Gasteiger partial charge is 0.410 e. The topological polar surface area (TPSA) is 66.0 Å². The fourth-order valence-corrected chi connectivity index (χ4v) is 3.48. The Labute approximate surface area is 151 Å². The van der Waals surface area contributed by atoms with Gasteiger partial charge in [0, 0.05) is 38.0 Å². The van der Waals surface area contributed by atoms with Crippen LogP contribution in [0.15, 0.2) is 4.99 Å². The maximum absolute atomic E-state index is 12.1. The summed E-state index contributed by atoms with van der Waals surface area (Å²) in [6, 6.07) is 0.488. The highest BCUT2D eigenvalue weighted by Gasteiger charge is 2.24. The van der Waals surface area contributed by atoms with E-state index in [1.165, 1.54) is 19.3 Å². The molecule has 0 aliphatic heterocycles. The Bertz CT molecular complexity index is 423. The number of nitrogens with one attached hydrogen (secondary N) is 2. The number of thioether (sulfide) groups is 1. The van der Waals surface area contributed by atoms with Gasteiger partial charge in [0.2, 0.25) is 0 Å². The number of ether oxygens (including phenoxy) is 1. The average Bonchev–Trinajstić information content (AvgIpc) is 2.96. The standard InChI is InChI=1S/C17H34N4O2S/c1-7-21(16(22)23-17(2,3)4)11-10-19-15(18-5)20-13-8-9-14(12-13)24-6/h13-14H,7-12H2,1-6H3,(H2,18,19,20). The van der Waals surface area contributed by atoms with Crippen LogP contribution in [0.25, 0.3) is 0 Å². The largest absolute Gasteiger partial charge is 0.444 e. The van der Waals surface area contributed by atoms with Crippen LogP contribution in [0.5, 0.6) is 0 Å². The Morgan fingerprint density at radius 1 is 1.38 bits per heavy atom. The van der Waals surface area contributed by atoms with E-state index in [-0.39, 0.29) is 6.09 Å². The predicted molar refractivity (Wildman–Crippen MR) is 103 cm³/mol. The zero-order chi connectivity index (χ0) is 18.2. The van der Waals surface area contributed by atoms with Gasteiger partial charge in [-0.25, -0.2) is 4.79 Å². The summed E-state index contributed by atoms with van der Waals surface area (Å²) < 4.78 is 5.42. The number of amides is 1. The summed E-state index contributed by atoms with van der Waals surface area (Å²) in [5, 5.41) is 7.53. The number of carbonyl (C=O) groups excluding carboxylic acids is 1. The fourth-order valence-electron chi connectivity index (χ4n) is 2.69. The highest BCUT2D eigenvalue weighted by atomic mass is 32.2. The van der Waals surface area contributed by atoms with Crippen molar-refractivity contribution in [1.29, 1.82) is 0 Å². The van der Waals surface area contributed by atoms with Gasteiger partial charge in [-0.3, -0.25) is 4.99 Å². The first-order chi connectivity index (χ1) is 11.3. The molecule has 1 rings (SSSR count). The van der Waals surface area contributed by atoms with Gasteiger partial charge in [-0.15, -0.1) is 0 Å². The number of carbonyl (C=O) groups is 1. The Morgan fingerprint density at radius 2 is 2.08 bits per heavy atom. The van der Waals surface area contributed by atoms with Crippen LogP contribution < -0.4 is 10.6 Å². The number of likely N-dealkylation sites (N-methyl/N-ethyl adjacent to an activating group) is 1. The lowest BCUT2D eigenvalue weighted by Gasteiger charge is -2.27. The number of hydrogen-bond donors (Lipinski definition) is 2. The maximum atomic E-state index is 12.1. The number of nitrogens with zero attached hydrogens (tertiary/aromatic N) is 2. The minimum absolute atomic E-state index is 0.270. The molecule has 0 aromatic heterocycles. The normalized spacial score (nSPS) is 21.5. The molecule has 6 nitrogen and oxygen atoms in total. The van der Waals surface area contributed by atoms with Crippen molar-refractivity contribution in [3.8, 4) is 0 Å². The Morgan fingerprint density at radius 3 is 2.58 bits per heavy atom. The van der Waals surface area contributed by atoms with E-state index in [9.17, 15) is 4.79 Å². The SMILES string of the molecule is CCN(CCNC(=NC)NC1CCC(SC)C1)C(=O)OC(C)(C)C. The van der Waals surface area contributed by atoms with E-state index in [2.05, 4.69) is 21.9 Å². The molecule has 2 N–H and O–H groups in total. The zero-order valence-corrected chi connectivity index (χ0v) is 16.8. The molecule has 1 saturated carbocycles. The van der Waals surface area contributed by atoms with E-state index in [1.54, 1.807) is 11.9 Å². The van der Waals surface area contributed by atoms with Gasteiger partial charge in [0.05, 0.1) is 0 Å². The molecule has 1 aliphatic rings. The van der Waals surface area contributed by atoms with Crippen molar-refractivity contribution in [2.45, 2.75) is 63.9 Å². The van der Waals surface area contributed by atoms with Gasteiger partial charge in [0.15, 0.2) is 5.96 Å². The summed E-state index contributed by atoms with van der Waals surface area (Å²) in [7, 11) is 1.78. The molecule has 0 saturated heterocycles. The Balaban J connectivity index is 2.36. The molecule has 1 aliphatic carbocycles. The molecule has 1 amide bonds. The molecule has 2 unspecified atom stereocenters. The van der Waals surface area contributed by atoms with Crippen molar-refractivity contribution in [2.75, 3.05) is 32.9 Å². The zero-order valence-electron chi connectivity index (χ0n) is 16.0. The quantitative estimate of drug-likeness (QED) is 0.564. The second kappa shape index (κ2) is 10.0. The molecule has 0 radical (unpaired) electrons. The molecule has 7 heteroatoms. The third-order valence-electron chi connectivity index (χ3n) is 3.99. The lowest BCUT2D eigenvalue weighted by Crippen LogP contribution is -2.46. The number of hydrogen-bond acceptors (Lipinski definition) is 4. The van der Waals surface area contributed by atoms with Gasteiger partial charge >= 0.3 is 6.09 Å². The van der Waals surface area contributed by atoms with Crippen molar-refractivity contribution in [1.82, 2.24) is 15.5 Å². The van der Waals surface area contributed by atoms with E-state index in [4.69, 9.17) is 4.74 Å². The molecule has 140 valence electrons. The average molecular weight is 359 g/mol. The van der Waals surface area contributed by atoms with E-state index in [1.807, 2.05) is 39.5 Å². The third kappa shape index (κ3) is 7.64. The minimum atomic E-state index is -0.466. The molecule has 24 heavy (non-hydrogen) atoms. The van der Waals surface area contributed by atoms with Crippen LogP contribution in [0.3, 0.4) is 0 Å². The lowest BCUT2D eigenvalue weighted by molar-refractivity contribution is 0.0264. The van der Waals surface area contributed by atoms with Gasteiger partial charge in [0.25, 0.3) is 0 Å². The number of aliphatic imine (C=N–C) groups is 1. The number of guanidine groups is 1. The molecular formula is C17H34N4O2S. The predicted octanol–water partition coefficient (Wildman–Crippen LogP) is 2.69. The molecule has 0 aromatic carbocycles. The summed E-state index contributed by atoms with van der Waals surface area (Å²) in [5.41, 5.74) is -0.466. The van der Waals surface area contributed by atoms with Gasteiger partial charge in [-0.1, -0.05) is 0 Å². The van der Waals surface area contributed by atoms with Gasteiger partial charge in [0.1, 0.15) is 5.60 Å². The summed E-state index contributed by atoms with van der Waals surface area (Å²) in [6.07, 6.45) is 5.54. The molecule has 0 bridgehead atoms. The van der Waals surface area contributed by atoms with Crippen molar-refractivity contribution in [3.05, 3.63) is 0 Å². The van der Waals surface area contributed by atoms with Crippen LogP contribution in [0.2, 0.25) is 0 Å². The molecular weight excluding hydrogens is 324 g/mol. The summed E-state index contributed by atoms with van der Waals surface area (Å²) in [6.45, 7) is 9.46. The lowest BCUT2D eigenvalue weighted by atomic mass is 10.2. The highest BCUT2D eigenvalue weighted by molar-refractivity contribution is 7.99. The van der Waals surface area contributed by atoms with Gasteiger partial charge < -0.3 is 20.3 Å². The molecule has 0 spiro atoms. The van der Waals surface area contributed by atoms with E-state index >= 15 is 0 Å². The van der Waals surface area contributed by atoms with Crippen molar-refractivity contribution < 1.29 is 9.53 Å². The summed E-state index contributed by atoms with van der Waals surface area (Å²) in [4.78, 5) is 18.1. The van der Waals surface area contributed by atoms with Crippen molar-refractivity contribution in [3.63, 3.8) is 0 Å². The highest BCUT2D eigenvalue weighted by Crippen LogP contribution is 2.27. The van der Waals surface area contributed by atoms with Gasteiger partial charge in [-0.2, -0.15) is 11.8 Å². The van der Waals surface area contributed by atoms with E-state index < -0.39 is 5.60 Å². The fraction of sp³-hybridized carbons (Fsp3) is 0.882. The third-order valence-corrected chi connectivity index (χ3v) is 5.08. The summed E-state index contributed by atoms with van der Waals surface area (Å²) >= 11 is 1.94. The Kier molecular flexibility index (Phi) is 8.73. The van der Waals surface area contributed by atoms with E-state index in [0.29, 0.717) is 25.7 Å². The van der Waals surface area contributed by atoms with Gasteiger partial charge in [-0.05, 0) is 53.2 Å². The second-order valence-corrected chi connectivity index (χ2v) is 8.21. The Hall–Kier alpha value is -1.11. The molecule has 0 heterocycles. The molecule has 2 atom stereocenters. The summed E-state index contributed by atoms with van der Waals surface area (Å²) in [5.74, 6) is 0.807. The van der Waals surface area contributed by atoms with Crippen LogP contribution in [0.4, 0.5) is 4.79 Å². The van der Waals surface area contributed by atoms with Crippen LogP contribution >= 0.6 is 11.8 Å². The van der Waals surface area contributed by atoms with Crippen LogP contribution in [-0.4, -0.2) is 66.8 Å². The van der Waals surface area contributed by atoms with Crippen LogP contribution in [0, 0.1) is 0 Å². The van der Waals surface area contributed by atoms with Crippen LogP contribution in [-0.2, 0) is 4.74 Å². The maximum Gasteiger partial charge on any atom is 0.410 e. The first-order valence-corrected chi connectivity index (χ1v) is 10.1. The van der Waals surface area contributed by atoms with E-state index in [0.717, 1.165) is 11.2 Å². The first-order valence-electron chi connectivity index (χ1n) is 8.77. The molecule has 1 fully saturated rings. The minimum Gasteiger partial charge on any atom is -0.444 e. The van der Waals surface area contributed by atoms with Crippen molar-refractivity contribution in [2.24, 2.45) is 4.99 Å². The van der Waals surface area contributed by atoms with Crippen LogP contribution in [0.1, 0.15) is 47.0 Å². The second-order valence-electron chi connectivity index (χ2n) is 7.07.